The number of aryl methyl sites for hydroxylation is 1. The summed E-state index contributed by atoms with van der Waals surface area (Å²) in [5.74, 6) is 0.227. The number of anilines is 1. The third kappa shape index (κ3) is 2.74. The second-order valence-corrected chi connectivity index (χ2v) is 8.31. The van der Waals surface area contributed by atoms with Crippen LogP contribution in [0.25, 0.3) is 0 Å². The Bertz CT molecular complexity index is 749. The van der Waals surface area contributed by atoms with Crippen LogP contribution < -0.4 is 4.90 Å². The van der Waals surface area contributed by atoms with Gasteiger partial charge in [-0.1, -0.05) is 6.92 Å². The number of hydrogen-bond donors (Lipinski definition) is 1. The van der Waals surface area contributed by atoms with Crippen LogP contribution in [0, 0.1) is 0 Å². The van der Waals surface area contributed by atoms with Crippen LogP contribution >= 0.6 is 0 Å². The molecule has 1 aliphatic heterocycles. The van der Waals surface area contributed by atoms with Gasteiger partial charge in [0.05, 0.1) is 11.6 Å². The first-order valence-electron chi connectivity index (χ1n) is 7.86. The summed E-state index contributed by atoms with van der Waals surface area (Å²) >= 11 is 0. The Morgan fingerprint density at radius 3 is 2.83 bits per heavy atom. The van der Waals surface area contributed by atoms with Gasteiger partial charge in [-0.3, -0.25) is 9.69 Å². The van der Waals surface area contributed by atoms with Gasteiger partial charge in [-0.25, -0.2) is 18.4 Å². The molecule has 23 heavy (non-hydrogen) atoms. The monoisotopic (exact) mass is 339 g/mol. The van der Waals surface area contributed by atoms with Crippen molar-refractivity contribution in [3.05, 3.63) is 11.8 Å². The zero-order valence-corrected chi connectivity index (χ0v) is 14.1. The minimum Gasteiger partial charge on any atom is -0.388 e. The lowest BCUT2D eigenvalue weighted by atomic mass is 9.91. The lowest BCUT2D eigenvalue weighted by Crippen LogP contribution is -2.53. The van der Waals surface area contributed by atoms with E-state index in [0.717, 1.165) is 18.2 Å². The second kappa shape index (κ2) is 5.52. The summed E-state index contributed by atoms with van der Waals surface area (Å²) in [6.45, 7) is 1.90. The lowest BCUT2D eigenvalue weighted by Gasteiger charge is -2.40. The summed E-state index contributed by atoms with van der Waals surface area (Å²) < 4.78 is 23.5. The van der Waals surface area contributed by atoms with Crippen LogP contribution in [-0.2, 0) is 21.1 Å². The van der Waals surface area contributed by atoms with Crippen LogP contribution in [-0.4, -0.2) is 47.3 Å². The summed E-state index contributed by atoms with van der Waals surface area (Å²) in [6.07, 6.45) is 6.04. The first-order chi connectivity index (χ1) is 10.8. The largest absolute Gasteiger partial charge is 0.388 e. The Labute approximate surface area is 135 Å². The number of carbonyl (C=O) groups is 1. The lowest BCUT2D eigenvalue weighted by molar-refractivity contribution is -0.120. The molecule has 1 fully saturated rings. The molecule has 1 amide bonds. The molecule has 0 radical (unpaired) electrons. The van der Waals surface area contributed by atoms with Gasteiger partial charge < -0.3 is 5.11 Å². The number of aromatic nitrogens is 2. The summed E-state index contributed by atoms with van der Waals surface area (Å²) in [4.78, 5) is 22.1. The predicted molar refractivity (Wildman–Crippen MR) is 83.8 cm³/mol. The molecule has 0 spiro atoms. The fraction of sp³-hybridized carbons (Fsp3) is 0.667. The van der Waals surface area contributed by atoms with Crippen LogP contribution in [0.2, 0.25) is 0 Å². The predicted octanol–water partition coefficient (Wildman–Crippen LogP) is 0.853. The van der Waals surface area contributed by atoms with Crippen molar-refractivity contribution in [2.24, 2.45) is 0 Å². The molecule has 1 aliphatic carbocycles. The number of sulfone groups is 1. The van der Waals surface area contributed by atoms with Crippen molar-refractivity contribution in [1.82, 2.24) is 9.97 Å². The summed E-state index contributed by atoms with van der Waals surface area (Å²) in [7, 11) is -3.56. The average molecular weight is 339 g/mol. The molecule has 1 N–H and O–H groups in total. The summed E-state index contributed by atoms with van der Waals surface area (Å²) in [5.41, 5.74) is -0.192. The van der Waals surface area contributed by atoms with Crippen molar-refractivity contribution in [2.45, 2.75) is 62.2 Å². The molecule has 126 valence electrons. The Morgan fingerprint density at radius 2 is 2.17 bits per heavy atom. The van der Waals surface area contributed by atoms with Crippen molar-refractivity contribution < 1.29 is 18.3 Å². The second-order valence-electron chi connectivity index (χ2n) is 6.40. The molecule has 2 atom stereocenters. The standard InChI is InChI=1S/C15H21N3O4S/c1-3-15(20)8-4-5-11(15)18-12(19)7-6-10-9-16-14(17-13(10)18)23(2,21)22/h9,11,20H,3-8H2,1-2H3. The quantitative estimate of drug-likeness (QED) is 0.820. The van der Waals surface area contributed by atoms with Crippen molar-refractivity contribution in [3.8, 4) is 0 Å². The smallest absolute Gasteiger partial charge is 0.248 e. The third-order valence-corrected chi connectivity index (χ3v) is 5.75. The molecular weight excluding hydrogens is 318 g/mol. The minimum absolute atomic E-state index is 0.116. The first-order valence-corrected chi connectivity index (χ1v) is 9.76. The molecule has 8 heteroatoms. The highest BCUT2D eigenvalue weighted by Crippen LogP contribution is 2.40. The molecule has 2 aliphatic rings. The average Bonchev–Trinajstić information content (AvgIpc) is 2.88. The molecule has 2 heterocycles. The highest BCUT2D eigenvalue weighted by molar-refractivity contribution is 7.90. The zero-order chi connectivity index (χ0) is 16.8. The Hall–Kier alpha value is -1.54. The van der Waals surface area contributed by atoms with Crippen molar-refractivity contribution >= 4 is 21.6 Å². The van der Waals surface area contributed by atoms with Crippen molar-refractivity contribution in [1.29, 1.82) is 0 Å². The molecule has 2 unspecified atom stereocenters. The number of aliphatic hydroxyl groups is 1. The van der Waals surface area contributed by atoms with E-state index in [1.807, 2.05) is 6.92 Å². The maximum absolute atomic E-state index is 12.5. The molecular formula is C15H21N3O4S. The molecule has 7 nitrogen and oxygen atoms in total. The normalized spacial score (nSPS) is 28.0. The van der Waals surface area contributed by atoms with Gasteiger partial charge in [0.1, 0.15) is 5.82 Å². The molecule has 0 saturated heterocycles. The minimum atomic E-state index is -3.56. The molecule has 3 rings (SSSR count). The number of amides is 1. The van der Waals surface area contributed by atoms with Gasteiger partial charge in [-0.05, 0) is 32.1 Å². The zero-order valence-electron chi connectivity index (χ0n) is 13.3. The molecule has 0 bridgehead atoms. The molecule has 1 aromatic heterocycles. The van der Waals surface area contributed by atoms with E-state index in [9.17, 15) is 18.3 Å². The van der Waals surface area contributed by atoms with Gasteiger partial charge >= 0.3 is 0 Å². The van der Waals surface area contributed by atoms with Gasteiger partial charge in [0, 0.05) is 24.4 Å². The number of rotatable bonds is 3. The number of hydrogen-bond acceptors (Lipinski definition) is 6. The van der Waals surface area contributed by atoms with E-state index in [4.69, 9.17) is 0 Å². The molecule has 1 saturated carbocycles. The van der Waals surface area contributed by atoms with Gasteiger partial charge in [0.2, 0.25) is 20.9 Å². The topological polar surface area (TPSA) is 100 Å². The SMILES string of the molecule is CCC1(O)CCCC1N1C(=O)CCc2cnc(S(C)(=O)=O)nc21. The molecule has 0 aromatic carbocycles. The number of carbonyl (C=O) groups excluding carboxylic acids is 1. The third-order valence-electron chi connectivity index (χ3n) is 4.89. The van der Waals surface area contributed by atoms with Crippen LogP contribution in [0.15, 0.2) is 11.4 Å². The highest BCUT2D eigenvalue weighted by atomic mass is 32.2. The van der Waals surface area contributed by atoms with Gasteiger partial charge in [0.15, 0.2) is 0 Å². The van der Waals surface area contributed by atoms with Crippen LogP contribution in [0.5, 0.6) is 0 Å². The van der Waals surface area contributed by atoms with Crippen molar-refractivity contribution in [2.75, 3.05) is 11.2 Å². The fourth-order valence-electron chi connectivity index (χ4n) is 3.57. The van der Waals surface area contributed by atoms with E-state index in [2.05, 4.69) is 9.97 Å². The Kier molecular flexibility index (Phi) is 3.92. The van der Waals surface area contributed by atoms with E-state index >= 15 is 0 Å². The van der Waals surface area contributed by atoms with E-state index < -0.39 is 15.4 Å². The molecule has 1 aromatic rings. The van der Waals surface area contributed by atoms with Crippen LogP contribution in [0.4, 0.5) is 5.82 Å². The van der Waals surface area contributed by atoms with Gasteiger partial charge in [-0.15, -0.1) is 0 Å². The first kappa shape index (κ1) is 16.3. The number of fused-ring (bicyclic) bond motifs is 1. The Morgan fingerprint density at radius 1 is 1.43 bits per heavy atom. The van der Waals surface area contributed by atoms with Crippen LogP contribution in [0.3, 0.4) is 0 Å². The maximum Gasteiger partial charge on any atom is 0.248 e. The van der Waals surface area contributed by atoms with E-state index in [1.165, 1.54) is 11.1 Å². The van der Waals surface area contributed by atoms with E-state index in [1.54, 1.807) is 0 Å². The number of nitrogens with zero attached hydrogens (tertiary/aromatic N) is 3. The van der Waals surface area contributed by atoms with Crippen LogP contribution in [0.1, 0.15) is 44.6 Å². The summed E-state index contributed by atoms with van der Waals surface area (Å²) in [6, 6.07) is -0.360. The van der Waals surface area contributed by atoms with E-state index in [0.29, 0.717) is 37.9 Å². The highest BCUT2D eigenvalue weighted by Gasteiger charge is 2.47. The maximum atomic E-state index is 12.5. The fourth-order valence-corrected chi connectivity index (χ4v) is 4.06. The summed E-state index contributed by atoms with van der Waals surface area (Å²) in [5, 5.41) is 10.5. The Balaban J connectivity index is 2.11. The van der Waals surface area contributed by atoms with Gasteiger partial charge in [0.25, 0.3) is 0 Å². The van der Waals surface area contributed by atoms with Gasteiger partial charge in [-0.2, -0.15) is 0 Å². The van der Waals surface area contributed by atoms with Crippen molar-refractivity contribution in [3.63, 3.8) is 0 Å². The van der Waals surface area contributed by atoms with E-state index in [-0.39, 0.29) is 17.1 Å².